The lowest BCUT2D eigenvalue weighted by Crippen LogP contribution is -2.15. The highest BCUT2D eigenvalue weighted by Crippen LogP contribution is 2.33. The predicted molar refractivity (Wildman–Crippen MR) is 59.4 cm³/mol. The van der Waals surface area contributed by atoms with Crippen LogP contribution in [0.15, 0.2) is 30.3 Å². The van der Waals surface area contributed by atoms with Gasteiger partial charge in [0, 0.05) is 0 Å². The molecule has 0 radical (unpaired) electrons. The quantitative estimate of drug-likeness (QED) is 0.774. The minimum absolute atomic E-state index is 0.277. The van der Waals surface area contributed by atoms with Crippen molar-refractivity contribution in [3.63, 3.8) is 0 Å². The first-order valence-corrected chi connectivity index (χ1v) is 5.64. The number of hydrogen-bond acceptors (Lipinski definition) is 2. The van der Waals surface area contributed by atoms with Crippen LogP contribution in [0.5, 0.6) is 0 Å². The lowest BCUT2D eigenvalue weighted by atomic mass is 10.2. The Morgan fingerprint density at radius 2 is 2.00 bits per heavy atom. The Hall–Kier alpha value is -0.860. The fourth-order valence-corrected chi connectivity index (χ4v) is 1.69. The third-order valence-electron chi connectivity index (χ3n) is 2.72. The molecule has 1 atom stereocenters. The highest BCUT2D eigenvalue weighted by molar-refractivity contribution is 5.13. The van der Waals surface area contributed by atoms with E-state index >= 15 is 0 Å². The zero-order valence-electron chi connectivity index (χ0n) is 8.93. The van der Waals surface area contributed by atoms with Crippen LogP contribution in [0.25, 0.3) is 0 Å². The van der Waals surface area contributed by atoms with Gasteiger partial charge < -0.3 is 9.84 Å². The molecule has 0 aliphatic heterocycles. The molecular weight excluding hydrogens is 188 g/mol. The molecule has 1 aliphatic carbocycles. The SMILES string of the molecule is OC(COCc1ccccc1)CC1CC1. The summed E-state index contributed by atoms with van der Waals surface area (Å²) in [6.45, 7) is 1.06. The third kappa shape index (κ3) is 4.02. The van der Waals surface area contributed by atoms with Gasteiger partial charge in [-0.15, -0.1) is 0 Å². The van der Waals surface area contributed by atoms with E-state index in [0.717, 1.165) is 17.9 Å². The van der Waals surface area contributed by atoms with E-state index in [1.54, 1.807) is 0 Å². The zero-order valence-corrected chi connectivity index (χ0v) is 8.93. The van der Waals surface area contributed by atoms with E-state index in [2.05, 4.69) is 0 Å². The van der Waals surface area contributed by atoms with Crippen LogP contribution in [0.4, 0.5) is 0 Å². The molecule has 0 spiro atoms. The van der Waals surface area contributed by atoms with E-state index in [9.17, 15) is 5.11 Å². The maximum atomic E-state index is 9.61. The molecule has 1 aromatic carbocycles. The highest BCUT2D eigenvalue weighted by atomic mass is 16.5. The van der Waals surface area contributed by atoms with Crippen molar-refractivity contribution < 1.29 is 9.84 Å². The average molecular weight is 206 g/mol. The van der Waals surface area contributed by atoms with Crippen molar-refractivity contribution in [2.75, 3.05) is 6.61 Å². The first kappa shape index (κ1) is 10.7. The molecule has 0 aromatic heterocycles. The summed E-state index contributed by atoms with van der Waals surface area (Å²) in [5, 5.41) is 9.61. The Kier molecular flexibility index (Phi) is 3.75. The maximum absolute atomic E-state index is 9.61. The molecule has 15 heavy (non-hydrogen) atoms. The van der Waals surface area contributed by atoms with Crippen LogP contribution in [-0.2, 0) is 11.3 Å². The van der Waals surface area contributed by atoms with Crippen molar-refractivity contribution in [1.29, 1.82) is 0 Å². The number of benzene rings is 1. The van der Waals surface area contributed by atoms with Gasteiger partial charge in [0.05, 0.1) is 19.3 Å². The first-order chi connectivity index (χ1) is 7.34. The zero-order chi connectivity index (χ0) is 10.5. The lowest BCUT2D eigenvalue weighted by molar-refractivity contribution is 0.0219. The van der Waals surface area contributed by atoms with E-state index in [0.29, 0.717) is 13.2 Å². The van der Waals surface area contributed by atoms with Crippen molar-refractivity contribution in [2.24, 2.45) is 5.92 Å². The molecule has 0 saturated heterocycles. The van der Waals surface area contributed by atoms with Crippen molar-refractivity contribution in [1.82, 2.24) is 0 Å². The van der Waals surface area contributed by atoms with Gasteiger partial charge in [-0.1, -0.05) is 43.2 Å². The summed E-state index contributed by atoms with van der Waals surface area (Å²) < 4.78 is 5.46. The topological polar surface area (TPSA) is 29.5 Å². The Balaban J connectivity index is 1.61. The summed E-state index contributed by atoms with van der Waals surface area (Å²) >= 11 is 0. The highest BCUT2D eigenvalue weighted by Gasteiger charge is 2.24. The molecule has 1 saturated carbocycles. The van der Waals surface area contributed by atoms with Crippen molar-refractivity contribution in [3.05, 3.63) is 35.9 Å². The molecule has 0 amide bonds. The number of hydrogen-bond donors (Lipinski definition) is 1. The second-order valence-electron chi connectivity index (χ2n) is 4.33. The van der Waals surface area contributed by atoms with Gasteiger partial charge in [-0.25, -0.2) is 0 Å². The van der Waals surface area contributed by atoms with Gasteiger partial charge in [-0.05, 0) is 17.9 Å². The number of ether oxygens (including phenoxy) is 1. The standard InChI is InChI=1S/C13H18O2/c14-13(8-11-6-7-11)10-15-9-12-4-2-1-3-5-12/h1-5,11,13-14H,6-10H2. The van der Waals surface area contributed by atoms with Crippen LogP contribution < -0.4 is 0 Å². The fourth-order valence-electron chi connectivity index (χ4n) is 1.69. The number of rotatable bonds is 6. The average Bonchev–Trinajstić information content (AvgIpc) is 3.03. The Labute approximate surface area is 90.9 Å². The van der Waals surface area contributed by atoms with Gasteiger partial charge in [0.2, 0.25) is 0 Å². The Morgan fingerprint density at radius 3 is 2.67 bits per heavy atom. The lowest BCUT2D eigenvalue weighted by Gasteiger charge is -2.10. The second kappa shape index (κ2) is 5.29. The van der Waals surface area contributed by atoms with E-state index < -0.39 is 0 Å². The fraction of sp³-hybridized carbons (Fsp3) is 0.538. The van der Waals surface area contributed by atoms with Gasteiger partial charge >= 0.3 is 0 Å². The summed E-state index contributed by atoms with van der Waals surface area (Å²) in [5.74, 6) is 0.764. The van der Waals surface area contributed by atoms with Gasteiger partial charge in [0.25, 0.3) is 0 Å². The first-order valence-electron chi connectivity index (χ1n) is 5.64. The van der Waals surface area contributed by atoms with Crippen LogP contribution >= 0.6 is 0 Å². The largest absolute Gasteiger partial charge is 0.391 e. The van der Waals surface area contributed by atoms with Crippen LogP contribution in [0, 0.1) is 5.92 Å². The molecule has 0 heterocycles. The van der Waals surface area contributed by atoms with Gasteiger partial charge in [0.15, 0.2) is 0 Å². The van der Waals surface area contributed by atoms with Crippen molar-refractivity contribution in [3.8, 4) is 0 Å². The second-order valence-corrected chi connectivity index (χ2v) is 4.33. The molecule has 1 fully saturated rings. The molecule has 1 aliphatic rings. The Morgan fingerprint density at radius 1 is 1.27 bits per heavy atom. The molecular formula is C13H18O2. The van der Waals surface area contributed by atoms with Gasteiger partial charge in [-0.2, -0.15) is 0 Å². The summed E-state index contributed by atoms with van der Waals surface area (Å²) in [4.78, 5) is 0. The van der Waals surface area contributed by atoms with Crippen LogP contribution in [0.2, 0.25) is 0 Å². The van der Waals surface area contributed by atoms with Gasteiger partial charge in [-0.3, -0.25) is 0 Å². The Bertz CT molecular complexity index is 280. The van der Waals surface area contributed by atoms with Crippen LogP contribution in [0.3, 0.4) is 0 Å². The van der Waals surface area contributed by atoms with Crippen molar-refractivity contribution in [2.45, 2.75) is 32.0 Å². The normalized spacial score (nSPS) is 17.7. The summed E-state index contributed by atoms with van der Waals surface area (Å²) in [7, 11) is 0. The molecule has 2 heteroatoms. The third-order valence-corrected chi connectivity index (χ3v) is 2.72. The van der Waals surface area contributed by atoms with Crippen LogP contribution in [-0.4, -0.2) is 17.8 Å². The van der Waals surface area contributed by atoms with E-state index in [-0.39, 0.29) is 6.10 Å². The molecule has 1 aromatic rings. The van der Waals surface area contributed by atoms with Crippen LogP contribution in [0.1, 0.15) is 24.8 Å². The van der Waals surface area contributed by atoms with Gasteiger partial charge in [0.1, 0.15) is 0 Å². The molecule has 0 bridgehead atoms. The van der Waals surface area contributed by atoms with E-state index in [1.807, 2.05) is 30.3 Å². The molecule has 2 nitrogen and oxygen atoms in total. The van der Waals surface area contributed by atoms with Crippen molar-refractivity contribution >= 4 is 0 Å². The molecule has 2 rings (SSSR count). The molecule has 1 N–H and O–H groups in total. The monoisotopic (exact) mass is 206 g/mol. The predicted octanol–water partition coefficient (Wildman–Crippen LogP) is 2.36. The summed E-state index contributed by atoms with van der Waals surface area (Å²) in [5.41, 5.74) is 1.16. The summed E-state index contributed by atoms with van der Waals surface area (Å²) in [6, 6.07) is 10.1. The van der Waals surface area contributed by atoms with E-state index in [4.69, 9.17) is 4.74 Å². The maximum Gasteiger partial charge on any atom is 0.0776 e. The smallest absolute Gasteiger partial charge is 0.0776 e. The molecule has 1 unspecified atom stereocenters. The number of aliphatic hydroxyl groups is 1. The minimum atomic E-state index is -0.277. The summed E-state index contributed by atoms with van der Waals surface area (Å²) in [6.07, 6.45) is 3.21. The van der Waals surface area contributed by atoms with E-state index in [1.165, 1.54) is 12.8 Å². The minimum Gasteiger partial charge on any atom is -0.391 e. The molecule has 82 valence electrons. The number of aliphatic hydroxyl groups excluding tert-OH is 1.